The number of hydrogen-bond donors (Lipinski definition) is 0. The van der Waals surface area contributed by atoms with Gasteiger partial charge in [-0.25, -0.2) is 22.8 Å². The van der Waals surface area contributed by atoms with Crippen LogP contribution >= 0.6 is 0 Å². The first-order chi connectivity index (χ1) is 11.9. The Morgan fingerprint density at radius 2 is 1.76 bits per heavy atom. The standard InChI is InChI=1S/C14H14FN5O4S/c15-11-2-1-3-13(8-11)25(23,24)19-6-4-18(5-7-19)14-16-9-12(10-17-14)20(21)22/h1-3,8-10H,4-7H2. The minimum atomic E-state index is -3.77. The van der Waals surface area contributed by atoms with Crippen molar-refractivity contribution in [3.63, 3.8) is 0 Å². The van der Waals surface area contributed by atoms with Crippen LogP contribution in [-0.2, 0) is 10.0 Å². The summed E-state index contributed by atoms with van der Waals surface area (Å²) < 4.78 is 39.6. The van der Waals surface area contributed by atoms with E-state index in [1.807, 2.05) is 0 Å². The number of halogens is 1. The SMILES string of the molecule is O=[N+]([O-])c1cnc(N2CCN(S(=O)(=O)c3cccc(F)c3)CC2)nc1. The fourth-order valence-corrected chi connectivity index (χ4v) is 3.93. The van der Waals surface area contributed by atoms with Gasteiger partial charge in [-0.15, -0.1) is 0 Å². The minimum Gasteiger partial charge on any atom is -0.338 e. The molecule has 25 heavy (non-hydrogen) atoms. The molecule has 9 nitrogen and oxygen atoms in total. The van der Waals surface area contributed by atoms with Crippen molar-refractivity contribution in [1.29, 1.82) is 0 Å². The van der Waals surface area contributed by atoms with Crippen LogP contribution in [0.15, 0.2) is 41.6 Å². The van der Waals surface area contributed by atoms with Gasteiger partial charge in [-0.05, 0) is 18.2 Å². The Balaban J connectivity index is 1.70. The van der Waals surface area contributed by atoms with E-state index in [1.54, 1.807) is 4.90 Å². The Kier molecular flexibility index (Phi) is 4.59. The Morgan fingerprint density at radius 3 is 2.32 bits per heavy atom. The molecule has 132 valence electrons. The van der Waals surface area contributed by atoms with Crippen molar-refractivity contribution in [3.05, 3.63) is 52.6 Å². The van der Waals surface area contributed by atoms with Crippen molar-refractivity contribution in [1.82, 2.24) is 14.3 Å². The van der Waals surface area contributed by atoms with Crippen LogP contribution < -0.4 is 4.90 Å². The highest BCUT2D eigenvalue weighted by molar-refractivity contribution is 7.89. The lowest BCUT2D eigenvalue weighted by molar-refractivity contribution is -0.385. The summed E-state index contributed by atoms with van der Waals surface area (Å²) in [5, 5.41) is 10.6. The van der Waals surface area contributed by atoms with Crippen LogP contribution in [0, 0.1) is 15.9 Å². The van der Waals surface area contributed by atoms with Crippen LogP contribution in [0.2, 0.25) is 0 Å². The monoisotopic (exact) mass is 367 g/mol. The highest BCUT2D eigenvalue weighted by Crippen LogP contribution is 2.20. The summed E-state index contributed by atoms with van der Waals surface area (Å²) in [6, 6.07) is 4.87. The molecule has 1 fully saturated rings. The van der Waals surface area contributed by atoms with Crippen molar-refractivity contribution in [2.24, 2.45) is 0 Å². The van der Waals surface area contributed by atoms with Crippen LogP contribution in [0.4, 0.5) is 16.0 Å². The average molecular weight is 367 g/mol. The average Bonchev–Trinajstić information content (AvgIpc) is 2.62. The molecule has 1 aromatic heterocycles. The number of anilines is 1. The minimum absolute atomic E-state index is 0.0902. The van der Waals surface area contributed by atoms with Gasteiger partial charge >= 0.3 is 5.69 Å². The van der Waals surface area contributed by atoms with E-state index in [0.717, 1.165) is 18.5 Å². The molecule has 0 bridgehead atoms. The van der Waals surface area contributed by atoms with E-state index in [1.165, 1.54) is 22.5 Å². The molecule has 0 radical (unpaired) electrons. The third kappa shape index (κ3) is 3.56. The van der Waals surface area contributed by atoms with E-state index in [4.69, 9.17) is 0 Å². The van der Waals surface area contributed by atoms with Crippen LogP contribution in [0.3, 0.4) is 0 Å². The summed E-state index contributed by atoms with van der Waals surface area (Å²) >= 11 is 0. The van der Waals surface area contributed by atoms with Gasteiger partial charge in [0, 0.05) is 26.2 Å². The summed E-state index contributed by atoms with van der Waals surface area (Å²) in [5.74, 6) is -0.313. The molecule has 3 rings (SSSR count). The fourth-order valence-electron chi connectivity index (χ4n) is 2.48. The molecule has 0 atom stereocenters. The summed E-state index contributed by atoms with van der Waals surface area (Å²) in [6.07, 6.45) is 2.22. The maximum absolute atomic E-state index is 13.3. The maximum Gasteiger partial charge on any atom is 0.305 e. The molecule has 0 amide bonds. The molecule has 2 aromatic rings. The number of nitro groups is 1. The normalized spacial score (nSPS) is 16.0. The van der Waals surface area contributed by atoms with E-state index >= 15 is 0 Å². The third-order valence-corrected chi connectivity index (χ3v) is 5.69. The first-order valence-corrected chi connectivity index (χ1v) is 8.79. The molecular weight excluding hydrogens is 353 g/mol. The predicted octanol–water partition coefficient (Wildman–Crippen LogP) is 1.03. The summed E-state index contributed by atoms with van der Waals surface area (Å²) in [4.78, 5) is 19.5. The first-order valence-electron chi connectivity index (χ1n) is 7.35. The van der Waals surface area contributed by atoms with Gasteiger partial charge in [0.25, 0.3) is 0 Å². The van der Waals surface area contributed by atoms with E-state index in [2.05, 4.69) is 9.97 Å². The molecule has 1 saturated heterocycles. The van der Waals surface area contributed by atoms with Gasteiger partial charge in [0.15, 0.2) is 0 Å². The number of piperazine rings is 1. The van der Waals surface area contributed by atoms with Crippen molar-refractivity contribution >= 4 is 21.7 Å². The Labute approximate surface area is 142 Å². The predicted molar refractivity (Wildman–Crippen MR) is 86.1 cm³/mol. The van der Waals surface area contributed by atoms with Crippen molar-refractivity contribution in [2.45, 2.75) is 4.90 Å². The molecule has 1 aliphatic rings. The molecule has 0 aliphatic carbocycles. The highest BCUT2D eigenvalue weighted by atomic mass is 32.2. The zero-order valence-electron chi connectivity index (χ0n) is 12.9. The Morgan fingerprint density at radius 1 is 1.12 bits per heavy atom. The van der Waals surface area contributed by atoms with Crippen molar-refractivity contribution < 1.29 is 17.7 Å². The lowest BCUT2D eigenvalue weighted by atomic mass is 10.3. The fraction of sp³-hybridized carbons (Fsp3) is 0.286. The van der Waals surface area contributed by atoms with Gasteiger partial charge in [-0.1, -0.05) is 6.07 Å². The molecule has 2 heterocycles. The number of nitrogens with zero attached hydrogens (tertiary/aromatic N) is 5. The van der Waals surface area contributed by atoms with Gasteiger partial charge < -0.3 is 4.90 Å². The molecule has 11 heteroatoms. The number of sulfonamides is 1. The molecular formula is C14H14FN5O4S. The van der Waals surface area contributed by atoms with E-state index in [-0.39, 0.29) is 23.7 Å². The van der Waals surface area contributed by atoms with Gasteiger partial charge in [-0.2, -0.15) is 4.31 Å². The molecule has 1 aromatic carbocycles. The van der Waals surface area contributed by atoms with E-state index < -0.39 is 20.8 Å². The zero-order chi connectivity index (χ0) is 18.0. The van der Waals surface area contributed by atoms with E-state index in [9.17, 15) is 22.9 Å². The first kappa shape index (κ1) is 17.2. The van der Waals surface area contributed by atoms with Gasteiger partial charge in [0.1, 0.15) is 18.2 Å². The third-order valence-electron chi connectivity index (χ3n) is 3.79. The number of rotatable bonds is 4. The Bertz CT molecular complexity index is 882. The maximum atomic E-state index is 13.3. The van der Waals surface area contributed by atoms with Crippen molar-refractivity contribution in [2.75, 3.05) is 31.1 Å². The molecule has 0 unspecified atom stereocenters. The second kappa shape index (κ2) is 6.69. The summed E-state index contributed by atoms with van der Waals surface area (Å²) in [7, 11) is -3.77. The highest BCUT2D eigenvalue weighted by Gasteiger charge is 2.29. The lowest BCUT2D eigenvalue weighted by Crippen LogP contribution is -2.49. The van der Waals surface area contributed by atoms with Crippen LogP contribution in [-0.4, -0.2) is 53.8 Å². The Hall–Kier alpha value is -2.66. The molecule has 0 N–H and O–H groups in total. The second-order valence-corrected chi connectivity index (χ2v) is 7.28. The molecule has 1 aliphatic heterocycles. The van der Waals surface area contributed by atoms with E-state index in [0.29, 0.717) is 19.0 Å². The second-order valence-electron chi connectivity index (χ2n) is 5.35. The number of hydrogen-bond acceptors (Lipinski definition) is 7. The van der Waals surface area contributed by atoms with Crippen LogP contribution in [0.1, 0.15) is 0 Å². The number of aromatic nitrogens is 2. The quantitative estimate of drug-likeness (QED) is 0.586. The largest absolute Gasteiger partial charge is 0.338 e. The lowest BCUT2D eigenvalue weighted by Gasteiger charge is -2.33. The van der Waals surface area contributed by atoms with Gasteiger partial charge in [-0.3, -0.25) is 10.1 Å². The van der Waals surface area contributed by atoms with Crippen molar-refractivity contribution in [3.8, 4) is 0 Å². The zero-order valence-corrected chi connectivity index (χ0v) is 13.8. The molecule has 0 saturated carbocycles. The smallest absolute Gasteiger partial charge is 0.305 e. The van der Waals surface area contributed by atoms with Gasteiger partial charge in [0.05, 0.1) is 9.82 Å². The molecule has 0 spiro atoms. The summed E-state index contributed by atoms with van der Waals surface area (Å²) in [5.41, 5.74) is -0.212. The van der Waals surface area contributed by atoms with Crippen LogP contribution in [0.5, 0.6) is 0 Å². The van der Waals surface area contributed by atoms with Gasteiger partial charge in [0.2, 0.25) is 16.0 Å². The summed E-state index contributed by atoms with van der Waals surface area (Å²) in [6.45, 7) is 1.01. The van der Waals surface area contributed by atoms with Crippen LogP contribution in [0.25, 0.3) is 0 Å². The topological polar surface area (TPSA) is 110 Å². The number of benzene rings is 1.